The summed E-state index contributed by atoms with van der Waals surface area (Å²) in [4.78, 5) is 0. The van der Waals surface area contributed by atoms with Crippen molar-refractivity contribution < 1.29 is 13.5 Å². The molecule has 0 aromatic heterocycles. The summed E-state index contributed by atoms with van der Waals surface area (Å²) in [5.41, 5.74) is 0.775. The first kappa shape index (κ1) is 15.4. The molecule has 0 saturated carbocycles. The molecule has 0 spiro atoms. The third kappa shape index (κ3) is 3.76. The standard InChI is InChI=1S/C16H23F2NO/c1-10(2)16-9-13(6-7-20-16)19-11(3)12-4-5-14(17)15(18)8-12/h4-5,8,10-11,13,16,19H,6-7,9H2,1-3H3. The molecule has 3 atom stereocenters. The van der Waals surface area contributed by atoms with Crippen molar-refractivity contribution in [2.24, 2.45) is 5.92 Å². The first-order valence-electron chi connectivity index (χ1n) is 7.30. The highest BCUT2D eigenvalue weighted by Crippen LogP contribution is 2.23. The molecule has 20 heavy (non-hydrogen) atoms. The molecule has 1 heterocycles. The third-order valence-corrected chi connectivity index (χ3v) is 3.99. The maximum atomic E-state index is 13.3. The van der Waals surface area contributed by atoms with Gasteiger partial charge >= 0.3 is 0 Å². The van der Waals surface area contributed by atoms with Crippen LogP contribution in [0.3, 0.4) is 0 Å². The Balaban J connectivity index is 1.96. The van der Waals surface area contributed by atoms with Gasteiger partial charge in [-0.15, -0.1) is 0 Å². The molecule has 1 aromatic rings. The second kappa shape index (κ2) is 6.64. The third-order valence-electron chi connectivity index (χ3n) is 3.99. The Kier molecular flexibility index (Phi) is 5.11. The van der Waals surface area contributed by atoms with E-state index in [4.69, 9.17) is 4.74 Å². The lowest BCUT2D eigenvalue weighted by Gasteiger charge is -2.34. The van der Waals surface area contributed by atoms with Gasteiger partial charge in [0.25, 0.3) is 0 Å². The first-order chi connectivity index (χ1) is 9.47. The predicted molar refractivity (Wildman–Crippen MR) is 75.5 cm³/mol. The monoisotopic (exact) mass is 283 g/mol. The molecule has 0 aliphatic carbocycles. The molecule has 3 unspecified atom stereocenters. The van der Waals surface area contributed by atoms with Crippen LogP contribution in [-0.4, -0.2) is 18.8 Å². The summed E-state index contributed by atoms with van der Waals surface area (Å²) in [5.74, 6) is -1.09. The Morgan fingerprint density at radius 3 is 2.60 bits per heavy atom. The van der Waals surface area contributed by atoms with Crippen LogP contribution in [0.15, 0.2) is 18.2 Å². The molecular weight excluding hydrogens is 260 g/mol. The number of nitrogens with one attached hydrogen (secondary N) is 1. The van der Waals surface area contributed by atoms with Crippen molar-refractivity contribution in [3.63, 3.8) is 0 Å². The summed E-state index contributed by atoms with van der Waals surface area (Å²) < 4.78 is 32.0. The van der Waals surface area contributed by atoms with Gasteiger partial charge in [-0.2, -0.15) is 0 Å². The van der Waals surface area contributed by atoms with Crippen molar-refractivity contribution in [3.05, 3.63) is 35.4 Å². The van der Waals surface area contributed by atoms with E-state index in [9.17, 15) is 8.78 Å². The lowest BCUT2D eigenvalue weighted by Crippen LogP contribution is -2.41. The van der Waals surface area contributed by atoms with E-state index in [0.29, 0.717) is 12.0 Å². The number of rotatable bonds is 4. The van der Waals surface area contributed by atoms with Gasteiger partial charge in [0.15, 0.2) is 11.6 Å². The number of hydrogen-bond donors (Lipinski definition) is 1. The molecule has 112 valence electrons. The largest absolute Gasteiger partial charge is 0.378 e. The molecule has 0 amide bonds. The first-order valence-corrected chi connectivity index (χ1v) is 7.30. The molecule has 2 rings (SSSR count). The van der Waals surface area contributed by atoms with Crippen molar-refractivity contribution in [3.8, 4) is 0 Å². The summed E-state index contributed by atoms with van der Waals surface area (Å²) >= 11 is 0. The normalized spacial score (nSPS) is 24.9. The van der Waals surface area contributed by atoms with E-state index < -0.39 is 11.6 Å². The lowest BCUT2D eigenvalue weighted by molar-refractivity contribution is -0.0257. The number of hydrogen-bond acceptors (Lipinski definition) is 2. The highest BCUT2D eigenvalue weighted by Gasteiger charge is 2.26. The fourth-order valence-electron chi connectivity index (χ4n) is 2.68. The van der Waals surface area contributed by atoms with E-state index in [0.717, 1.165) is 25.0 Å². The van der Waals surface area contributed by atoms with Crippen molar-refractivity contribution in [2.45, 2.75) is 51.8 Å². The summed E-state index contributed by atoms with van der Waals surface area (Å²) in [5, 5.41) is 3.50. The summed E-state index contributed by atoms with van der Waals surface area (Å²) in [6.45, 7) is 7.05. The van der Waals surface area contributed by atoms with Crippen LogP contribution in [0.25, 0.3) is 0 Å². The molecule has 1 aromatic carbocycles. The number of benzene rings is 1. The van der Waals surface area contributed by atoms with Crippen LogP contribution < -0.4 is 5.32 Å². The Morgan fingerprint density at radius 2 is 1.95 bits per heavy atom. The van der Waals surface area contributed by atoms with Crippen LogP contribution in [0, 0.1) is 17.6 Å². The molecule has 0 bridgehead atoms. The Labute approximate surface area is 119 Å². The molecule has 4 heteroatoms. The smallest absolute Gasteiger partial charge is 0.159 e. The van der Waals surface area contributed by atoms with E-state index >= 15 is 0 Å². The summed E-state index contributed by atoms with van der Waals surface area (Å²) in [6, 6.07) is 4.45. The maximum absolute atomic E-state index is 13.3. The van der Waals surface area contributed by atoms with Crippen molar-refractivity contribution >= 4 is 0 Å². The molecule has 1 aliphatic heterocycles. The van der Waals surface area contributed by atoms with Crippen LogP contribution in [-0.2, 0) is 4.74 Å². The van der Waals surface area contributed by atoms with Gasteiger partial charge in [0, 0.05) is 18.7 Å². The fraction of sp³-hybridized carbons (Fsp3) is 0.625. The van der Waals surface area contributed by atoms with E-state index in [2.05, 4.69) is 19.2 Å². The highest BCUT2D eigenvalue weighted by molar-refractivity contribution is 5.20. The average Bonchev–Trinajstić information content (AvgIpc) is 2.42. The Hall–Kier alpha value is -1.00. The Morgan fingerprint density at radius 1 is 1.20 bits per heavy atom. The molecule has 1 N–H and O–H groups in total. The van der Waals surface area contributed by atoms with Crippen LogP contribution in [0.2, 0.25) is 0 Å². The van der Waals surface area contributed by atoms with E-state index in [-0.39, 0.29) is 12.1 Å². The minimum Gasteiger partial charge on any atom is -0.378 e. The lowest BCUT2D eigenvalue weighted by atomic mass is 9.94. The van der Waals surface area contributed by atoms with Gasteiger partial charge in [0.2, 0.25) is 0 Å². The molecule has 1 fully saturated rings. The average molecular weight is 283 g/mol. The molecule has 1 saturated heterocycles. The van der Waals surface area contributed by atoms with Gasteiger partial charge < -0.3 is 10.1 Å². The highest BCUT2D eigenvalue weighted by atomic mass is 19.2. The summed E-state index contributed by atoms with van der Waals surface area (Å²) in [6.07, 6.45) is 2.20. The van der Waals surface area contributed by atoms with E-state index in [1.807, 2.05) is 6.92 Å². The second-order valence-electron chi connectivity index (χ2n) is 5.94. The van der Waals surface area contributed by atoms with Crippen LogP contribution in [0.4, 0.5) is 8.78 Å². The van der Waals surface area contributed by atoms with Crippen LogP contribution in [0.1, 0.15) is 45.2 Å². The topological polar surface area (TPSA) is 21.3 Å². The van der Waals surface area contributed by atoms with Crippen molar-refractivity contribution in [1.29, 1.82) is 0 Å². The minimum atomic E-state index is -0.799. The zero-order valence-electron chi connectivity index (χ0n) is 12.3. The van der Waals surface area contributed by atoms with Crippen molar-refractivity contribution in [2.75, 3.05) is 6.61 Å². The van der Waals surface area contributed by atoms with Gasteiger partial charge in [0.1, 0.15) is 0 Å². The molecule has 0 radical (unpaired) electrons. The maximum Gasteiger partial charge on any atom is 0.159 e. The van der Waals surface area contributed by atoms with Gasteiger partial charge in [-0.25, -0.2) is 8.78 Å². The number of ether oxygens (including phenoxy) is 1. The van der Waals surface area contributed by atoms with E-state index in [1.165, 1.54) is 12.1 Å². The van der Waals surface area contributed by atoms with Gasteiger partial charge in [-0.3, -0.25) is 0 Å². The minimum absolute atomic E-state index is 0.000937. The summed E-state index contributed by atoms with van der Waals surface area (Å²) in [7, 11) is 0. The zero-order chi connectivity index (χ0) is 14.7. The van der Waals surface area contributed by atoms with Gasteiger partial charge in [-0.05, 0) is 43.4 Å². The number of halogens is 2. The quantitative estimate of drug-likeness (QED) is 0.907. The predicted octanol–water partition coefficient (Wildman–Crippen LogP) is 3.82. The SMILES string of the molecule is CC(NC1CCOC(C(C)C)C1)c1ccc(F)c(F)c1. The van der Waals surface area contributed by atoms with Gasteiger partial charge in [0.05, 0.1) is 6.10 Å². The van der Waals surface area contributed by atoms with Crippen LogP contribution >= 0.6 is 0 Å². The van der Waals surface area contributed by atoms with Gasteiger partial charge in [-0.1, -0.05) is 19.9 Å². The second-order valence-corrected chi connectivity index (χ2v) is 5.94. The Bertz CT molecular complexity index is 450. The van der Waals surface area contributed by atoms with Crippen molar-refractivity contribution in [1.82, 2.24) is 5.32 Å². The zero-order valence-corrected chi connectivity index (χ0v) is 12.3. The molecule has 2 nitrogen and oxygen atoms in total. The van der Waals surface area contributed by atoms with E-state index in [1.54, 1.807) is 6.07 Å². The fourth-order valence-corrected chi connectivity index (χ4v) is 2.68. The van der Waals surface area contributed by atoms with Crippen LogP contribution in [0.5, 0.6) is 0 Å². The molecular formula is C16H23F2NO. The molecule has 1 aliphatic rings.